The highest BCUT2D eigenvalue weighted by Gasteiger charge is 2.29. The minimum atomic E-state index is -0.519. The zero-order chi connectivity index (χ0) is 28.1. The van der Waals surface area contributed by atoms with Crippen molar-refractivity contribution in [2.24, 2.45) is 7.05 Å². The monoisotopic (exact) mass is 573 g/mol. The molecule has 4 rings (SSSR count). The Bertz CT molecular complexity index is 1390. The van der Waals surface area contributed by atoms with Crippen molar-refractivity contribution in [2.45, 2.75) is 50.1 Å². The lowest BCUT2D eigenvalue weighted by atomic mass is 10.1. The first-order valence-corrected chi connectivity index (χ1v) is 14.1. The van der Waals surface area contributed by atoms with E-state index in [0.29, 0.717) is 38.6 Å². The smallest absolute Gasteiger partial charge is 0.341 e. The van der Waals surface area contributed by atoms with Crippen LogP contribution < -0.4 is 20.1 Å². The number of hydrogen-bond donors (Lipinski definition) is 2. The van der Waals surface area contributed by atoms with Crippen LogP contribution >= 0.6 is 23.1 Å². The van der Waals surface area contributed by atoms with Gasteiger partial charge in [0.25, 0.3) is 5.91 Å². The van der Waals surface area contributed by atoms with Crippen molar-refractivity contribution in [2.75, 3.05) is 26.1 Å². The topological polar surface area (TPSA) is 134 Å². The second-order valence-corrected chi connectivity index (χ2v) is 11.2. The fourth-order valence-electron chi connectivity index (χ4n) is 4.18. The van der Waals surface area contributed by atoms with Crippen LogP contribution in [-0.2, 0) is 36.0 Å². The third-order valence-electron chi connectivity index (χ3n) is 6.27. The van der Waals surface area contributed by atoms with Crippen LogP contribution in [0.25, 0.3) is 0 Å². The van der Waals surface area contributed by atoms with Gasteiger partial charge in [0.2, 0.25) is 5.91 Å². The van der Waals surface area contributed by atoms with Gasteiger partial charge in [-0.15, -0.1) is 21.5 Å². The number of esters is 1. The minimum absolute atomic E-state index is 0.140. The Morgan fingerprint density at radius 3 is 2.64 bits per heavy atom. The Kier molecular flexibility index (Phi) is 9.12. The molecule has 1 aliphatic rings. The van der Waals surface area contributed by atoms with Crippen LogP contribution in [0.2, 0.25) is 0 Å². The van der Waals surface area contributed by atoms with E-state index in [1.807, 2.05) is 0 Å². The van der Waals surface area contributed by atoms with Gasteiger partial charge in [-0.1, -0.05) is 11.8 Å². The number of thiophene rings is 1. The van der Waals surface area contributed by atoms with Crippen LogP contribution in [0.1, 0.15) is 57.2 Å². The van der Waals surface area contributed by atoms with E-state index in [2.05, 4.69) is 20.8 Å². The van der Waals surface area contributed by atoms with Gasteiger partial charge in [-0.2, -0.15) is 0 Å². The molecule has 0 saturated heterocycles. The number of nitrogens with one attached hydrogen (secondary N) is 2. The minimum Gasteiger partial charge on any atom is -0.493 e. The van der Waals surface area contributed by atoms with Crippen molar-refractivity contribution in [3.05, 3.63) is 45.6 Å². The van der Waals surface area contributed by atoms with E-state index < -0.39 is 11.2 Å². The number of fused-ring (bicyclic) bond motifs is 1. The molecule has 1 aromatic carbocycles. The van der Waals surface area contributed by atoms with Gasteiger partial charge < -0.3 is 29.4 Å². The lowest BCUT2D eigenvalue weighted by Crippen LogP contribution is -2.25. The number of aromatic nitrogens is 3. The number of nitrogens with zero attached hydrogens (tertiary/aromatic N) is 3. The Morgan fingerprint density at radius 1 is 1.15 bits per heavy atom. The van der Waals surface area contributed by atoms with E-state index in [1.165, 1.54) is 37.3 Å². The van der Waals surface area contributed by atoms with Crippen LogP contribution in [0, 0.1) is 0 Å². The Morgan fingerprint density at radius 2 is 1.92 bits per heavy atom. The summed E-state index contributed by atoms with van der Waals surface area (Å²) in [5, 5.41) is 14.6. The van der Waals surface area contributed by atoms with Crippen LogP contribution in [-0.4, -0.2) is 58.6 Å². The number of benzene rings is 1. The fourth-order valence-corrected chi connectivity index (χ4v) is 6.29. The number of carbonyl (C=O) groups is 3. The molecule has 2 N–H and O–H groups in total. The summed E-state index contributed by atoms with van der Waals surface area (Å²) < 4.78 is 17.4. The number of hydrogen-bond acceptors (Lipinski definition) is 10. The average Bonchev–Trinajstić information content (AvgIpc) is 3.61. The Labute approximate surface area is 234 Å². The molecular formula is C26H31N5O6S2. The summed E-state index contributed by atoms with van der Waals surface area (Å²) in [6.07, 6.45) is 2.71. The summed E-state index contributed by atoms with van der Waals surface area (Å²) in [5.74, 6) is 0.551. The van der Waals surface area contributed by atoms with Gasteiger partial charge >= 0.3 is 5.97 Å². The molecule has 1 atom stereocenters. The van der Waals surface area contributed by atoms with E-state index in [-0.39, 0.29) is 25.0 Å². The molecule has 0 saturated carbocycles. The molecule has 0 unspecified atom stereocenters. The van der Waals surface area contributed by atoms with E-state index in [9.17, 15) is 14.4 Å². The maximum absolute atomic E-state index is 13.1. The zero-order valence-electron chi connectivity index (χ0n) is 22.5. The summed E-state index contributed by atoms with van der Waals surface area (Å²) in [5.41, 5.74) is 1.88. The number of methoxy groups -OCH3 is 2. The highest BCUT2D eigenvalue weighted by atomic mass is 32.2. The van der Waals surface area contributed by atoms with Gasteiger partial charge in [0, 0.05) is 17.5 Å². The molecule has 2 aromatic heterocycles. The molecule has 11 nitrogen and oxygen atoms in total. The molecule has 208 valence electrons. The van der Waals surface area contributed by atoms with Crippen LogP contribution in [0.5, 0.6) is 11.5 Å². The van der Waals surface area contributed by atoms with Crippen LogP contribution in [0.3, 0.4) is 0 Å². The standard InChI is InChI=1S/C26H31N5O6S2/c1-6-37-25(34)21-16-8-7-9-19(16)39-24(21)28-22(32)14(2)38-26-30-29-20(31(26)3)13-27-23(33)15-10-11-17(35-4)18(12-15)36-5/h10-12,14H,6-9,13H2,1-5H3,(H,27,33)(H,28,32)/t14-/m0/s1. The van der Waals surface area contributed by atoms with Crippen molar-refractivity contribution < 1.29 is 28.6 Å². The summed E-state index contributed by atoms with van der Waals surface area (Å²) >= 11 is 2.68. The van der Waals surface area contributed by atoms with Gasteiger partial charge in [-0.05, 0) is 56.9 Å². The summed E-state index contributed by atoms with van der Waals surface area (Å²) in [6.45, 7) is 3.94. The summed E-state index contributed by atoms with van der Waals surface area (Å²) in [7, 11) is 4.80. The largest absolute Gasteiger partial charge is 0.493 e. The van der Waals surface area contributed by atoms with E-state index in [4.69, 9.17) is 14.2 Å². The maximum atomic E-state index is 13.1. The molecule has 3 aromatic rings. The predicted octanol–water partition coefficient (Wildman–Crippen LogP) is 3.61. The van der Waals surface area contributed by atoms with Crippen molar-refractivity contribution >= 4 is 45.9 Å². The second-order valence-electron chi connectivity index (χ2n) is 8.74. The molecular weight excluding hydrogens is 542 g/mol. The van der Waals surface area contributed by atoms with Gasteiger partial charge in [-0.25, -0.2) is 4.79 Å². The highest BCUT2D eigenvalue weighted by Crippen LogP contribution is 2.40. The number of thioether (sulfide) groups is 1. The molecule has 39 heavy (non-hydrogen) atoms. The van der Waals surface area contributed by atoms with Gasteiger partial charge in [0.05, 0.1) is 38.2 Å². The Balaban J connectivity index is 1.38. The lowest BCUT2D eigenvalue weighted by molar-refractivity contribution is -0.115. The third-order valence-corrected chi connectivity index (χ3v) is 8.61. The number of rotatable bonds is 11. The van der Waals surface area contributed by atoms with Crippen LogP contribution in [0.4, 0.5) is 5.00 Å². The molecule has 2 heterocycles. The van der Waals surface area contributed by atoms with Crippen molar-refractivity contribution in [1.82, 2.24) is 20.1 Å². The lowest BCUT2D eigenvalue weighted by Gasteiger charge is -2.13. The quantitative estimate of drug-likeness (QED) is 0.261. The first-order chi connectivity index (χ1) is 18.8. The van der Waals surface area contributed by atoms with E-state index >= 15 is 0 Å². The van der Waals surface area contributed by atoms with Gasteiger partial charge in [0.1, 0.15) is 5.00 Å². The van der Waals surface area contributed by atoms with Gasteiger partial charge in [-0.3, -0.25) is 9.59 Å². The predicted molar refractivity (Wildman–Crippen MR) is 148 cm³/mol. The van der Waals surface area contributed by atoms with Crippen molar-refractivity contribution in [3.63, 3.8) is 0 Å². The normalized spacial score (nSPS) is 12.9. The third kappa shape index (κ3) is 6.19. The number of ether oxygens (including phenoxy) is 3. The fraction of sp³-hybridized carbons (Fsp3) is 0.423. The second kappa shape index (κ2) is 12.5. The SMILES string of the molecule is CCOC(=O)c1c(NC(=O)[C@H](C)Sc2nnc(CNC(=O)c3ccc(OC)c(OC)c3)n2C)sc2c1CCC2. The summed E-state index contributed by atoms with van der Waals surface area (Å²) in [6, 6.07) is 4.91. The van der Waals surface area contributed by atoms with Crippen molar-refractivity contribution in [3.8, 4) is 11.5 Å². The molecule has 0 fully saturated rings. The molecule has 0 bridgehead atoms. The van der Waals surface area contributed by atoms with E-state index in [0.717, 1.165) is 29.7 Å². The van der Waals surface area contributed by atoms with Gasteiger partial charge in [0.15, 0.2) is 22.5 Å². The van der Waals surface area contributed by atoms with Crippen LogP contribution in [0.15, 0.2) is 23.4 Å². The van der Waals surface area contributed by atoms with Crippen molar-refractivity contribution in [1.29, 1.82) is 0 Å². The Hall–Kier alpha value is -3.58. The first kappa shape index (κ1) is 28.4. The summed E-state index contributed by atoms with van der Waals surface area (Å²) in [4.78, 5) is 39.4. The number of aryl methyl sites for hydroxylation is 1. The molecule has 0 aliphatic heterocycles. The highest BCUT2D eigenvalue weighted by molar-refractivity contribution is 8.00. The number of amides is 2. The maximum Gasteiger partial charge on any atom is 0.341 e. The molecule has 0 radical (unpaired) electrons. The average molecular weight is 574 g/mol. The number of carbonyl (C=O) groups excluding carboxylic acids is 3. The zero-order valence-corrected chi connectivity index (χ0v) is 24.1. The number of anilines is 1. The molecule has 1 aliphatic carbocycles. The molecule has 0 spiro atoms. The first-order valence-electron chi connectivity index (χ1n) is 12.4. The molecule has 13 heteroatoms. The van der Waals surface area contributed by atoms with E-state index in [1.54, 1.807) is 43.7 Å². The molecule has 2 amide bonds.